The summed E-state index contributed by atoms with van der Waals surface area (Å²) in [4.78, 5) is 5.36. The molecule has 9 rings (SSSR count). The van der Waals surface area contributed by atoms with Crippen molar-refractivity contribution in [3.8, 4) is 0 Å². The fourth-order valence-corrected chi connectivity index (χ4v) is 12.1. The molecule has 0 radical (unpaired) electrons. The Morgan fingerprint density at radius 1 is 0.886 bits per heavy atom. The summed E-state index contributed by atoms with van der Waals surface area (Å²) in [6, 6.07) is 6.92. The molecule has 5 aliphatic carbocycles. The average Bonchev–Trinajstić information content (AvgIpc) is 3.36. The number of fused-ring (bicyclic) bond motifs is 3. The van der Waals surface area contributed by atoms with Gasteiger partial charge in [0.25, 0.3) is 0 Å². The molecule has 2 nitrogen and oxygen atoms in total. The molecule has 0 spiro atoms. The van der Waals surface area contributed by atoms with Crippen molar-refractivity contribution in [2.24, 2.45) is 10.8 Å². The van der Waals surface area contributed by atoms with E-state index in [1.807, 2.05) is 0 Å². The van der Waals surface area contributed by atoms with E-state index in [0.29, 0.717) is 10.8 Å². The van der Waals surface area contributed by atoms with Crippen LogP contribution in [0.3, 0.4) is 0 Å². The SMILES string of the molecule is C=C1C2(CC)c3cccc4cnc5c6c(c[n+](c5c34)C12CC)C1(C)CC2(C)CC(C)(C1)CC6(C)C2. The number of rotatable bonds is 2. The maximum Gasteiger partial charge on any atom is 0.240 e. The summed E-state index contributed by atoms with van der Waals surface area (Å²) in [7, 11) is 0. The van der Waals surface area contributed by atoms with Crippen molar-refractivity contribution in [1.29, 1.82) is 0 Å². The third-order valence-corrected chi connectivity index (χ3v) is 11.8. The zero-order valence-corrected chi connectivity index (χ0v) is 22.4. The van der Waals surface area contributed by atoms with Crippen LogP contribution in [0.5, 0.6) is 0 Å². The molecule has 2 heteroatoms. The minimum Gasteiger partial charge on any atom is -0.249 e. The van der Waals surface area contributed by atoms with Crippen molar-refractivity contribution < 1.29 is 4.57 Å². The van der Waals surface area contributed by atoms with E-state index in [1.54, 1.807) is 11.1 Å². The van der Waals surface area contributed by atoms with Crippen molar-refractivity contribution in [1.82, 2.24) is 4.98 Å². The Hall–Kier alpha value is -2.22. The molecule has 4 atom stereocenters. The number of benzene rings is 1. The predicted octanol–water partition coefficient (Wildman–Crippen LogP) is 7.53. The summed E-state index contributed by atoms with van der Waals surface area (Å²) >= 11 is 0. The van der Waals surface area contributed by atoms with E-state index in [0.717, 1.165) is 12.8 Å². The topological polar surface area (TPSA) is 16.8 Å². The van der Waals surface area contributed by atoms with E-state index in [-0.39, 0.29) is 21.8 Å². The van der Waals surface area contributed by atoms with Crippen LogP contribution in [0.15, 0.2) is 42.7 Å². The first-order valence-electron chi connectivity index (χ1n) is 14.0. The monoisotopic (exact) mass is 463 g/mol. The molecule has 35 heavy (non-hydrogen) atoms. The molecule has 1 aromatic carbocycles. The van der Waals surface area contributed by atoms with Gasteiger partial charge in [0.1, 0.15) is 5.52 Å². The highest BCUT2D eigenvalue weighted by molar-refractivity contribution is 6.07. The van der Waals surface area contributed by atoms with Crippen LogP contribution < -0.4 is 4.57 Å². The van der Waals surface area contributed by atoms with E-state index in [1.165, 1.54) is 65.0 Å². The molecule has 3 heterocycles. The van der Waals surface area contributed by atoms with Crippen LogP contribution >= 0.6 is 0 Å². The lowest BCUT2D eigenvalue weighted by Crippen LogP contribution is -2.54. The molecule has 3 saturated carbocycles. The Morgan fingerprint density at radius 3 is 2.23 bits per heavy atom. The zero-order valence-electron chi connectivity index (χ0n) is 22.4. The van der Waals surface area contributed by atoms with E-state index in [4.69, 9.17) is 11.6 Å². The van der Waals surface area contributed by atoms with Crippen molar-refractivity contribution in [2.75, 3.05) is 0 Å². The van der Waals surface area contributed by atoms with Crippen LogP contribution in [0.2, 0.25) is 0 Å². The molecule has 1 aliphatic heterocycles. The molecule has 0 amide bonds. The standard InChI is InChI=1S/C33H39N2/c1-8-32-20(3)33(32,9-2)35-14-23-25(26-27(35)24-21(13-34-26)11-10-12-22(24)32)31(7)18-28(4)15-29(5,19-31)17-30(23,6)16-28/h10-14H,3,8-9,15-19H2,1-2,4-7H3/q+1. The second kappa shape index (κ2) is 5.53. The number of nitrogens with zero attached hydrogens (tertiary/aromatic N) is 2. The second-order valence-corrected chi connectivity index (χ2v) is 14.6. The Labute approximate surface area is 209 Å². The van der Waals surface area contributed by atoms with Crippen LogP contribution in [-0.4, -0.2) is 4.98 Å². The summed E-state index contributed by atoms with van der Waals surface area (Å²) in [5.41, 5.74) is 10.0. The van der Waals surface area contributed by atoms with Gasteiger partial charge in [0.05, 0.1) is 10.8 Å². The van der Waals surface area contributed by atoms with Gasteiger partial charge < -0.3 is 0 Å². The Balaban J connectivity index is 1.61. The van der Waals surface area contributed by atoms with Gasteiger partial charge in [-0.25, -0.2) is 4.98 Å². The first-order valence-corrected chi connectivity index (χ1v) is 14.0. The first kappa shape index (κ1) is 20.9. The number of pyridine rings is 2. The minimum atomic E-state index is -0.0201. The van der Waals surface area contributed by atoms with Crippen molar-refractivity contribution in [2.45, 2.75) is 108 Å². The highest BCUT2D eigenvalue weighted by atomic mass is 15.2. The van der Waals surface area contributed by atoms with Gasteiger partial charge in [-0.3, -0.25) is 0 Å². The molecule has 2 aromatic heterocycles. The third kappa shape index (κ3) is 1.96. The first-order chi connectivity index (χ1) is 16.5. The summed E-state index contributed by atoms with van der Waals surface area (Å²) < 4.78 is 2.72. The maximum absolute atomic E-state index is 5.36. The predicted molar refractivity (Wildman–Crippen MR) is 143 cm³/mol. The largest absolute Gasteiger partial charge is 0.249 e. The number of hydrogen-bond donors (Lipinski definition) is 0. The van der Waals surface area contributed by atoms with Crippen LogP contribution in [0.1, 0.15) is 103 Å². The quantitative estimate of drug-likeness (QED) is 0.218. The number of aromatic nitrogens is 2. The van der Waals surface area contributed by atoms with E-state index in [9.17, 15) is 0 Å². The highest BCUT2D eigenvalue weighted by Gasteiger charge is 2.80. The summed E-state index contributed by atoms with van der Waals surface area (Å²) in [6.45, 7) is 19.9. The van der Waals surface area contributed by atoms with Gasteiger partial charge in [0.2, 0.25) is 11.1 Å². The van der Waals surface area contributed by atoms with Crippen LogP contribution in [0, 0.1) is 10.8 Å². The Kier molecular flexibility index (Phi) is 3.31. The van der Waals surface area contributed by atoms with Crippen molar-refractivity contribution in [3.63, 3.8) is 0 Å². The number of hydrogen-bond acceptors (Lipinski definition) is 1. The van der Waals surface area contributed by atoms with Gasteiger partial charge in [-0.2, -0.15) is 4.57 Å². The lowest BCUT2D eigenvalue weighted by molar-refractivity contribution is -0.717. The smallest absolute Gasteiger partial charge is 0.240 e. The molecule has 6 aliphatic rings. The summed E-state index contributed by atoms with van der Waals surface area (Å²) in [5.74, 6) is 0. The van der Waals surface area contributed by atoms with E-state index in [2.05, 4.69) is 76.7 Å². The van der Waals surface area contributed by atoms with E-state index < -0.39 is 0 Å². The molecular formula is C33H39N2+. The summed E-state index contributed by atoms with van der Waals surface area (Å²) in [6.07, 6.45) is 13.6. The molecule has 0 saturated heterocycles. The van der Waals surface area contributed by atoms with Gasteiger partial charge >= 0.3 is 0 Å². The Bertz CT molecular complexity index is 1530. The third-order valence-electron chi connectivity index (χ3n) is 11.8. The molecule has 3 aromatic rings. The van der Waals surface area contributed by atoms with Gasteiger partial charge in [0, 0.05) is 34.7 Å². The lowest BCUT2D eigenvalue weighted by atomic mass is 9.46. The fourth-order valence-electron chi connectivity index (χ4n) is 12.1. The van der Waals surface area contributed by atoms with Gasteiger partial charge in [-0.1, -0.05) is 66.3 Å². The second-order valence-electron chi connectivity index (χ2n) is 14.6. The average molecular weight is 464 g/mol. The minimum absolute atomic E-state index is 0.0201. The molecular weight excluding hydrogens is 424 g/mol. The Morgan fingerprint density at radius 2 is 1.57 bits per heavy atom. The molecule has 180 valence electrons. The zero-order chi connectivity index (χ0) is 24.4. The summed E-state index contributed by atoms with van der Waals surface area (Å²) in [5, 5.41) is 2.73. The molecule has 4 unspecified atom stereocenters. The lowest BCUT2D eigenvalue weighted by Gasteiger charge is -2.58. The van der Waals surface area contributed by atoms with Gasteiger partial charge in [0.15, 0.2) is 6.20 Å². The molecule has 0 N–H and O–H groups in total. The van der Waals surface area contributed by atoms with Crippen molar-refractivity contribution >= 4 is 21.8 Å². The maximum atomic E-state index is 5.36. The van der Waals surface area contributed by atoms with Crippen LogP contribution in [0.4, 0.5) is 0 Å². The van der Waals surface area contributed by atoms with Gasteiger partial charge in [-0.15, -0.1) is 0 Å². The normalized spacial score (nSPS) is 44.1. The van der Waals surface area contributed by atoms with Crippen molar-refractivity contribution in [3.05, 3.63) is 59.4 Å². The highest BCUT2D eigenvalue weighted by Crippen LogP contribution is 2.73. The van der Waals surface area contributed by atoms with Gasteiger partial charge in [-0.05, 0) is 65.7 Å². The fraction of sp³-hybridized carbons (Fsp3) is 0.576. The van der Waals surface area contributed by atoms with Crippen LogP contribution in [0.25, 0.3) is 21.8 Å². The number of allylic oxidation sites excluding steroid dienone is 1. The van der Waals surface area contributed by atoms with Crippen LogP contribution in [-0.2, 0) is 21.8 Å². The molecule has 4 bridgehead atoms. The molecule has 3 fully saturated rings. The van der Waals surface area contributed by atoms with E-state index >= 15 is 0 Å².